The van der Waals surface area contributed by atoms with Crippen molar-refractivity contribution in [2.75, 3.05) is 0 Å². The molecule has 36 heavy (non-hydrogen) atoms. The molecule has 4 heterocycles. The lowest BCUT2D eigenvalue weighted by Gasteiger charge is -2.13. The maximum atomic E-state index is 13.4. The van der Waals surface area contributed by atoms with Gasteiger partial charge in [-0.25, -0.2) is 14.3 Å². The highest BCUT2D eigenvalue weighted by Crippen LogP contribution is 2.16. The Hall–Kier alpha value is -4.31. The second-order valence-corrected chi connectivity index (χ2v) is 9.52. The van der Waals surface area contributed by atoms with Crippen LogP contribution < -0.4 is 22.1 Å². The Balaban J connectivity index is 1.49. The van der Waals surface area contributed by atoms with Crippen molar-refractivity contribution in [1.82, 2.24) is 23.8 Å². The molecule has 0 aliphatic carbocycles. The molecule has 0 unspecified atom stereocenters. The van der Waals surface area contributed by atoms with Crippen LogP contribution in [-0.4, -0.2) is 24.4 Å². The molecule has 0 fully saturated rings. The molecule has 0 saturated carbocycles. The van der Waals surface area contributed by atoms with Crippen molar-refractivity contribution in [2.24, 2.45) is 0 Å². The zero-order chi connectivity index (χ0) is 25.4. The van der Waals surface area contributed by atoms with Crippen molar-refractivity contribution in [3.8, 4) is 0 Å². The molecule has 0 radical (unpaired) electrons. The van der Waals surface area contributed by atoms with Crippen LogP contribution in [-0.2, 0) is 24.4 Å². The first kappa shape index (κ1) is 23.4. The lowest BCUT2D eigenvalue weighted by molar-refractivity contribution is -0.121. The van der Waals surface area contributed by atoms with Gasteiger partial charge in [0.15, 0.2) is 0 Å². The number of nitrogens with one attached hydrogen (secondary N) is 1. The molecule has 1 aromatic carbocycles. The average molecular weight is 502 g/mol. The molecule has 1 N–H and O–H groups in total. The largest absolute Gasteiger partial charge is 0.350 e. The number of nitrogens with zero attached hydrogens (tertiary/aromatic N) is 4. The van der Waals surface area contributed by atoms with E-state index in [4.69, 9.17) is 0 Å². The minimum atomic E-state index is -0.636. The van der Waals surface area contributed by atoms with Crippen molar-refractivity contribution in [3.05, 3.63) is 114 Å². The molecular weight excluding hydrogens is 478 g/mol. The molecule has 9 nitrogen and oxygen atoms in total. The number of carbonyl (C=O) groups excluding carboxylic acids is 1. The number of carbonyl (C=O) groups is 1. The normalized spacial score (nSPS) is 11.3. The van der Waals surface area contributed by atoms with Crippen molar-refractivity contribution in [3.63, 3.8) is 0 Å². The van der Waals surface area contributed by atoms with Gasteiger partial charge in [0.25, 0.3) is 11.1 Å². The molecule has 0 aliphatic heterocycles. The van der Waals surface area contributed by atoms with Gasteiger partial charge in [-0.15, -0.1) is 11.3 Å². The van der Waals surface area contributed by atoms with Crippen molar-refractivity contribution in [2.45, 2.75) is 33.5 Å². The topological polar surface area (TPSA) is 107 Å². The first-order valence-corrected chi connectivity index (χ1v) is 12.2. The van der Waals surface area contributed by atoms with Crippen molar-refractivity contribution in [1.29, 1.82) is 0 Å². The quantitative estimate of drug-likeness (QED) is 0.384. The molecule has 5 rings (SSSR count). The van der Waals surface area contributed by atoms with E-state index in [1.54, 1.807) is 23.6 Å². The fourth-order valence-corrected chi connectivity index (χ4v) is 4.98. The van der Waals surface area contributed by atoms with Crippen LogP contribution in [0.3, 0.4) is 0 Å². The SMILES string of the molecule is Cc1ccc(CNC(=O)Cn2c(=O)c3sccc3n(Cc3cc(=O)n4c(C)cccc4n3)c2=O)cc1. The molecule has 0 spiro atoms. The Kier molecular flexibility index (Phi) is 6.11. The number of benzene rings is 1. The van der Waals surface area contributed by atoms with E-state index in [1.165, 1.54) is 26.4 Å². The van der Waals surface area contributed by atoms with Gasteiger partial charge in [0.2, 0.25) is 5.91 Å². The highest BCUT2D eigenvalue weighted by atomic mass is 32.1. The Morgan fingerprint density at radius 2 is 1.78 bits per heavy atom. The van der Waals surface area contributed by atoms with Gasteiger partial charge in [-0.3, -0.25) is 23.4 Å². The monoisotopic (exact) mass is 501 g/mol. The van der Waals surface area contributed by atoms with Crippen LogP contribution >= 0.6 is 11.3 Å². The van der Waals surface area contributed by atoms with Crippen LogP contribution in [0.1, 0.15) is 22.5 Å². The molecule has 4 aromatic heterocycles. The van der Waals surface area contributed by atoms with Crippen LogP contribution in [0.25, 0.3) is 15.9 Å². The summed E-state index contributed by atoms with van der Waals surface area (Å²) in [4.78, 5) is 56.3. The van der Waals surface area contributed by atoms with E-state index in [-0.39, 0.29) is 18.6 Å². The fraction of sp³-hybridized carbons (Fsp3) is 0.192. The lowest BCUT2D eigenvalue weighted by Crippen LogP contribution is -2.43. The third-order valence-electron chi connectivity index (χ3n) is 6.00. The summed E-state index contributed by atoms with van der Waals surface area (Å²) >= 11 is 1.20. The predicted molar refractivity (Wildman–Crippen MR) is 139 cm³/mol. The molecule has 1 amide bonds. The Morgan fingerprint density at radius 1 is 1.00 bits per heavy atom. The van der Waals surface area contributed by atoms with Gasteiger partial charge in [-0.1, -0.05) is 35.9 Å². The van der Waals surface area contributed by atoms with Crippen LogP contribution in [0.4, 0.5) is 0 Å². The molecule has 0 atom stereocenters. The van der Waals surface area contributed by atoms with E-state index in [2.05, 4.69) is 10.3 Å². The van der Waals surface area contributed by atoms with E-state index in [9.17, 15) is 19.2 Å². The standard InChI is InChI=1S/C26H23N5O4S/c1-16-6-8-18(9-7-16)13-27-22(32)15-30-25(34)24-20(10-11-36-24)29(26(30)35)14-19-12-23(33)31-17(2)4-3-5-21(31)28-19/h3-12H,13-15H2,1-2H3,(H,27,32). The third kappa shape index (κ3) is 4.38. The van der Waals surface area contributed by atoms with Gasteiger partial charge < -0.3 is 5.32 Å². The minimum Gasteiger partial charge on any atom is -0.350 e. The van der Waals surface area contributed by atoms with Crippen LogP contribution in [0.5, 0.6) is 0 Å². The molecule has 182 valence electrons. The van der Waals surface area contributed by atoms with Gasteiger partial charge >= 0.3 is 5.69 Å². The number of aryl methyl sites for hydroxylation is 2. The van der Waals surface area contributed by atoms with Gasteiger partial charge in [0, 0.05) is 18.3 Å². The van der Waals surface area contributed by atoms with Crippen LogP contribution in [0.2, 0.25) is 0 Å². The molecule has 0 saturated heterocycles. The minimum absolute atomic E-state index is 0.0169. The van der Waals surface area contributed by atoms with E-state index in [0.29, 0.717) is 21.6 Å². The highest BCUT2D eigenvalue weighted by molar-refractivity contribution is 7.17. The summed E-state index contributed by atoms with van der Waals surface area (Å²) in [7, 11) is 0. The first-order chi connectivity index (χ1) is 17.3. The van der Waals surface area contributed by atoms with Gasteiger partial charge in [0.05, 0.1) is 17.8 Å². The third-order valence-corrected chi connectivity index (χ3v) is 6.89. The Morgan fingerprint density at radius 3 is 2.56 bits per heavy atom. The van der Waals surface area contributed by atoms with Crippen LogP contribution in [0.15, 0.2) is 74.4 Å². The molecular formula is C26H23N5O4S. The van der Waals surface area contributed by atoms with E-state index in [1.807, 2.05) is 44.2 Å². The summed E-state index contributed by atoms with van der Waals surface area (Å²) in [6, 6.07) is 16.1. The Bertz CT molecular complexity index is 1790. The number of fused-ring (bicyclic) bond motifs is 2. The lowest BCUT2D eigenvalue weighted by atomic mass is 10.1. The smallest absolute Gasteiger partial charge is 0.332 e. The highest BCUT2D eigenvalue weighted by Gasteiger charge is 2.17. The summed E-state index contributed by atoms with van der Waals surface area (Å²) in [5.41, 5.74) is 2.65. The summed E-state index contributed by atoms with van der Waals surface area (Å²) in [5.74, 6) is -0.449. The van der Waals surface area contributed by atoms with Crippen molar-refractivity contribution < 1.29 is 4.79 Å². The molecule has 5 aromatic rings. The number of hydrogen-bond acceptors (Lipinski definition) is 6. The average Bonchev–Trinajstić information content (AvgIpc) is 3.34. The first-order valence-electron chi connectivity index (χ1n) is 11.3. The molecule has 10 heteroatoms. The van der Waals surface area contributed by atoms with E-state index < -0.39 is 23.7 Å². The van der Waals surface area contributed by atoms with Crippen molar-refractivity contribution >= 4 is 33.1 Å². The zero-order valence-electron chi connectivity index (χ0n) is 19.7. The van der Waals surface area contributed by atoms with Gasteiger partial charge in [-0.05, 0) is 43.0 Å². The van der Waals surface area contributed by atoms with Crippen LogP contribution in [0, 0.1) is 13.8 Å². The zero-order valence-corrected chi connectivity index (χ0v) is 20.5. The second-order valence-electron chi connectivity index (χ2n) is 8.60. The number of aromatic nitrogens is 4. The number of rotatable bonds is 6. The number of pyridine rings is 1. The second kappa shape index (κ2) is 9.38. The van der Waals surface area contributed by atoms with Gasteiger partial charge in [0.1, 0.15) is 16.9 Å². The number of hydrogen-bond donors (Lipinski definition) is 1. The fourth-order valence-electron chi connectivity index (χ4n) is 4.14. The predicted octanol–water partition coefficient (Wildman–Crippen LogP) is 2.21. The van der Waals surface area contributed by atoms with E-state index >= 15 is 0 Å². The summed E-state index contributed by atoms with van der Waals surface area (Å²) in [5, 5.41) is 4.48. The summed E-state index contributed by atoms with van der Waals surface area (Å²) in [6.07, 6.45) is 0. The maximum absolute atomic E-state index is 13.4. The summed E-state index contributed by atoms with van der Waals surface area (Å²) in [6.45, 7) is 3.65. The Labute approximate surface area is 208 Å². The van der Waals surface area contributed by atoms with Gasteiger partial charge in [-0.2, -0.15) is 0 Å². The number of amides is 1. The van der Waals surface area contributed by atoms with E-state index in [0.717, 1.165) is 21.4 Å². The number of thiophene rings is 1. The molecule has 0 aliphatic rings. The summed E-state index contributed by atoms with van der Waals surface area (Å²) < 4.78 is 4.16. The maximum Gasteiger partial charge on any atom is 0.332 e. The molecule has 0 bridgehead atoms.